The Morgan fingerprint density at radius 2 is 1.94 bits per heavy atom. The molecule has 2 rings (SSSR count). The molecule has 3 heteroatoms. The Balaban J connectivity index is 1.58. The van der Waals surface area contributed by atoms with Crippen LogP contribution in [0.15, 0.2) is 16.5 Å². The van der Waals surface area contributed by atoms with Gasteiger partial charge in [-0.05, 0) is 36.9 Å². The minimum atomic E-state index is -0.0136. The molecule has 1 aromatic rings. The number of aliphatic hydroxyl groups excluding tert-OH is 1. The molecule has 0 unspecified atom stereocenters. The van der Waals surface area contributed by atoms with Crippen molar-refractivity contribution in [2.75, 3.05) is 6.54 Å². The molecular formula is C15H25NO2. The highest BCUT2D eigenvalue weighted by Gasteiger charge is 2.17. The molecule has 1 aliphatic rings. The fourth-order valence-corrected chi connectivity index (χ4v) is 2.74. The molecule has 0 saturated heterocycles. The van der Waals surface area contributed by atoms with Crippen LogP contribution in [0.1, 0.15) is 50.5 Å². The Kier molecular flexibility index (Phi) is 5.26. The Hall–Kier alpha value is -0.800. The maximum absolute atomic E-state index is 8.90. The van der Waals surface area contributed by atoms with Gasteiger partial charge in [-0.1, -0.05) is 32.6 Å². The van der Waals surface area contributed by atoms with Gasteiger partial charge in [0.25, 0.3) is 0 Å². The average Bonchev–Trinajstić information content (AvgIpc) is 2.85. The lowest BCUT2D eigenvalue weighted by Crippen LogP contribution is -2.20. The fourth-order valence-electron chi connectivity index (χ4n) is 2.74. The first kappa shape index (κ1) is 13.6. The van der Waals surface area contributed by atoms with E-state index in [0.29, 0.717) is 5.76 Å². The largest absolute Gasteiger partial charge is 0.462 e. The summed E-state index contributed by atoms with van der Waals surface area (Å²) in [5.74, 6) is 3.41. The van der Waals surface area contributed by atoms with Crippen molar-refractivity contribution in [2.24, 2.45) is 11.8 Å². The van der Waals surface area contributed by atoms with Crippen LogP contribution in [0.5, 0.6) is 0 Å². The second-order valence-electron chi connectivity index (χ2n) is 5.62. The minimum Gasteiger partial charge on any atom is -0.462 e. The first-order valence-corrected chi connectivity index (χ1v) is 7.17. The zero-order chi connectivity index (χ0) is 12.8. The van der Waals surface area contributed by atoms with Crippen LogP contribution in [0.25, 0.3) is 0 Å². The number of rotatable bonds is 6. The molecule has 0 aliphatic heterocycles. The van der Waals surface area contributed by atoms with E-state index in [9.17, 15) is 0 Å². The summed E-state index contributed by atoms with van der Waals surface area (Å²) in [5, 5.41) is 12.3. The molecule has 0 aromatic carbocycles. The Bertz CT molecular complexity index is 340. The van der Waals surface area contributed by atoms with E-state index in [2.05, 4.69) is 12.2 Å². The van der Waals surface area contributed by atoms with Crippen LogP contribution in [0, 0.1) is 11.8 Å². The quantitative estimate of drug-likeness (QED) is 0.764. The number of hydrogen-bond donors (Lipinski definition) is 2. The molecule has 1 aromatic heterocycles. The first-order valence-electron chi connectivity index (χ1n) is 7.17. The van der Waals surface area contributed by atoms with E-state index in [-0.39, 0.29) is 6.61 Å². The molecule has 1 fully saturated rings. The SMILES string of the molecule is CC1CCC(CCNCc2ccc(CO)o2)CC1. The molecule has 102 valence electrons. The first-order chi connectivity index (χ1) is 8.78. The molecule has 0 spiro atoms. The van der Waals surface area contributed by atoms with Gasteiger partial charge in [0.15, 0.2) is 0 Å². The van der Waals surface area contributed by atoms with E-state index >= 15 is 0 Å². The van der Waals surface area contributed by atoms with Gasteiger partial charge in [-0.15, -0.1) is 0 Å². The third kappa shape index (κ3) is 4.14. The number of aliphatic hydroxyl groups is 1. The Morgan fingerprint density at radius 1 is 1.22 bits per heavy atom. The van der Waals surface area contributed by atoms with Crippen LogP contribution in [0.2, 0.25) is 0 Å². The molecule has 18 heavy (non-hydrogen) atoms. The normalized spacial score (nSPS) is 24.3. The molecule has 3 nitrogen and oxygen atoms in total. The molecule has 0 amide bonds. The summed E-state index contributed by atoms with van der Waals surface area (Å²) in [4.78, 5) is 0. The predicted molar refractivity (Wildman–Crippen MR) is 72.1 cm³/mol. The van der Waals surface area contributed by atoms with E-state index in [0.717, 1.165) is 30.7 Å². The van der Waals surface area contributed by atoms with Crippen LogP contribution < -0.4 is 5.32 Å². The molecule has 0 atom stereocenters. The summed E-state index contributed by atoms with van der Waals surface area (Å²) in [6.07, 6.45) is 6.89. The van der Waals surface area contributed by atoms with E-state index in [1.54, 1.807) is 0 Å². The number of furan rings is 1. The molecule has 0 bridgehead atoms. The third-order valence-electron chi connectivity index (χ3n) is 4.04. The van der Waals surface area contributed by atoms with Crippen molar-refractivity contribution >= 4 is 0 Å². The second-order valence-corrected chi connectivity index (χ2v) is 5.62. The zero-order valence-corrected chi connectivity index (χ0v) is 11.3. The van der Waals surface area contributed by atoms with Gasteiger partial charge >= 0.3 is 0 Å². The fraction of sp³-hybridized carbons (Fsp3) is 0.733. The van der Waals surface area contributed by atoms with Crippen LogP contribution in [-0.2, 0) is 13.2 Å². The van der Waals surface area contributed by atoms with E-state index in [1.807, 2.05) is 12.1 Å². The van der Waals surface area contributed by atoms with Gasteiger partial charge < -0.3 is 14.8 Å². The molecule has 0 radical (unpaired) electrons. The lowest BCUT2D eigenvalue weighted by molar-refractivity contribution is 0.242. The van der Waals surface area contributed by atoms with Crippen LogP contribution in [0.4, 0.5) is 0 Å². The lowest BCUT2D eigenvalue weighted by Gasteiger charge is -2.26. The topological polar surface area (TPSA) is 45.4 Å². The monoisotopic (exact) mass is 251 g/mol. The lowest BCUT2D eigenvalue weighted by atomic mass is 9.81. The zero-order valence-electron chi connectivity index (χ0n) is 11.3. The van der Waals surface area contributed by atoms with Crippen molar-refractivity contribution in [1.29, 1.82) is 0 Å². The molecule has 2 N–H and O–H groups in total. The minimum absolute atomic E-state index is 0.0136. The smallest absolute Gasteiger partial charge is 0.129 e. The van der Waals surface area contributed by atoms with Crippen molar-refractivity contribution in [3.8, 4) is 0 Å². The van der Waals surface area contributed by atoms with E-state index in [1.165, 1.54) is 32.1 Å². The van der Waals surface area contributed by atoms with E-state index < -0.39 is 0 Å². The van der Waals surface area contributed by atoms with E-state index in [4.69, 9.17) is 9.52 Å². The standard InChI is InChI=1S/C15H25NO2/c1-12-2-4-13(5-3-12)8-9-16-10-14-6-7-15(11-17)18-14/h6-7,12-13,16-17H,2-5,8-11H2,1H3. The molecule has 1 heterocycles. The molecule has 1 aliphatic carbocycles. The van der Waals surface area contributed by atoms with Crippen LogP contribution in [-0.4, -0.2) is 11.7 Å². The maximum atomic E-state index is 8.90. The summed E-state index contributed by atoms with van der Waals surface area (Å²) >= 11 is 0. The second kappa shape index (κ2) is 6.95. The van der Waals surface area contributed by atoms with Gasteiger partial charge in [0, 0.05) is 0 Å². The van der Waals surface area contributed by atoms with Gasteiger partial charge in [-0.3, -0.25) is 0 Å². The van der Waals surface area contributed by atoms with Gasteiger partial charge in [0.1, 0.15) is 18.1 Å². The Morgan fingerprint density at radius 3 is 2.61 bits per heavy atom. The summed E-state index contributed by atoms with van der Waals surface area (Å²) < 4.78 is 5.43. The highest BCUT2D eigenvalue weighted by Crippen LogP contribution is 2.29. The van der Waals surface area contributed by atoms with Gasteiger partial charge in [-0.2, -0.15) is 0 Å². The van der Waals surface area contributed by atoms with Crippen molar-refractivity contribution in [2.45, 2.75) is 52.2 Å². The number of nitrogens with one attached hydrogen (secondary N) is 1. The Labute approximate surface area is 110 Å². The predicted octanol–water partition coefficient (Wildman–Crippen LogP) is 3.08. The summed E-state index contributed by atoms with van der Waals surface area (Å²) in [7, 11) is 0. The highest BCUT2D eigenvalue weighted by molar-refractivity contribution is 5.05. The summed E-state index contributed by atoms with van der Waals surface area (Å²) in [6.45, 7) is 4.18. The molecule has 1 saturated carbocycles. The van der Waals surface area contributed by atoms with Crippen LogP contribution >= 0.6 is 0 Å². The van der Waals surface area contributed by atoms with Crippen molar-refractivity contribution in [3.05, 3.63) is 23.7 Å². The van der Waals surface area contributed by atoms with Crippen LogP contribution in [0.3, 0.4) is 0 Å². The van der Waals surface area contributed by atoms with Crippen molar-refractivity contribution in [3.63, 3.8) is 0 Å². The van der Waals surface area contributed by atoms with Crippen molar-refractivity contribution in [1.82, 2.24) is 5.32 Å². The third-order valence-corrected chi connectivity index (χ3v) is 4.04. The number of hydrogen-bond acceptors (Lipinski definition) is 3. The van der Waals surface area contributed by atoms with Gasteiger partial charge in [0.05, 0.1) is 6.54 Å². The molecular weight excluding hydrogens is 226 g/mol. The highest BCUT2D eigenvalue weighted by atomic mass is 16.4. The maximum Gasteiger partial charge on any atom is 0.129 e. The average molecular weight is 251 g/mol. The van der Waals surface area contributed by atoms with Gasteiger partial charge in [0.2, 0.25) is 0 Å². The summed E-state index contributed by atoms with van der Waals surface area (Å²) in [5.41, 5.74) is 0. The summed E-state index contributed by atoms with van der Waals surface area (Å²) in [6, 6.07) is 3.76. The van der Waals surface area contributed by atoms with Crippen molar-refractivity contribution < 1.29 is 9.52 Å². The van der Waals surface area contributed by atoms with Gasteiger partial charge in [-0.25, -0.2) is 0 Å².